The van der Waals surface area contributed by atoms with Gasteiger partial charge in [0.25, 0.3) is 0 Å². The monoisotopic (exact) mass is 220 g/mol. The van der Waals surface area contributed by atoms with Crippen molar-refractivity contribution in [3.05, 3.63) is 29.8 Å². The maximum absolute atomic E-state index is 11.3. The number of likely N-dealkylation sites (N-methyl/N-ethyl adjacent to an activating group) is 1. The molecule has 1 aromatic carbocycles. The zero-order valence-corrected chi connectivity index (χ0v) is 10.4. The quantitative estimate of drug-likeness (QED) is 0.818. The fraction of sp³-hybridized carbons (Fsp3) is 0.462. The number of benzene rings is 1. The molecule has 3 nitrogen and oxygen atoms in total. The fourth-order valence-corrected chi connectivity index (χ4v) is 1.50. The summed E-state index contributed by atoms with van der Waals surface area (Å²) in [6.07, 6.45) is 0. The second-order valence-corrected chi connectivity index (χ2v) is 4.26. The Morgan fingerprint density at radius 1 is 1.12 bits per heavy atom. The molecule has 16 heavy (non-hydrogen) atoms. The molecular weight excluding hydrogens is 200 g/mol. The molecule has 0 fully saturated rings. The minimum Gasteiger partial charge on any atom is -0.374 e. The first-order chi connectivity index (χ1) is 7.54. The van der Waals surface area contributed by atoms with E-state index in [0.717, 1.165) is 5.69 Å². The first-order valence-corrected chi connectivity index (χ1v) is 5.62. The predicted molar refractivity (Wildman–Crippen MR) is 67.7 cm³/mol. The van der Waals surface area contributed by atoms with E-state index in [0.29, 0.717) is 5.92 Å². The number of carbonyl (C=O) groups is 1. The van der Waals surface area contributed by atoms with Gasteiger partial charge in [0.2, 0.25) is 5.91 Å². The SMILES string of the molecule is CNC(=O)C(C)Nc1ccc(C(C)C)cc1. The highest BCUT2D eigenvalue weighted by Gasteiger charge is 2.09. The average molecular weight is 220 g/mol. The van der Waals surface area contributed by atoms with Gasteiger partial charge in [0.05, 0.1) is 0 Å². The molecule has 0 bridgehead atoms. The number of hydrogen-bond donors (Lipinski definition) is 2. The molecule has 0 aromatic heterocycles. The van der Waals surface area contributed by atoms with Crippen LogP contribution in [-0.2, 0) is 4.79 Å². The van der Waals surface area contributed by atoms with Crippen molar-refractivity contribution in [2.45, 2.75) is 32.7 Å². The van der Waals surface area contributed by atoms with Gasteiger partial charge < -0.3 is 10.6 Å². The van der Waals surface area contributed by atoms with Gasteiger partial charge in [-0.15, -0.1) is 0 Å². The third-order valence-corrected chi connectivity index (χ3v) is 2.60. The van der Waals surface area contributed by atoms with Crippen LogP contribution < -0.4 is 10.6 Å². The maximum atomic E-state index is 11.3. The lowest BCUT2D eigenvalue weighted by Gasteiger charge is -2.14. The van der Waals surface area contributed by atoms with Gasteiger partial charge in [-0.25, -0.2) is 0 Å². The lowest BCUT2D eigenvalue weighted by atomic mass is 10.0. The minimum absolute atomic E-state index is 0.00654. The number of anilines is 1. The molecule has 1 amide bonds. The van der Waals surface area contributed by atoms with Gasteiger partial charge in [-0.1, -0.05) is 26.0 Å². The van der Waals surface area contributed by atoms with Crippen molar-refractivity contribution >= 4 is 11.6 Å². The maximum Gasteiger partial charge on any atom is 0.241 e. The van der Waals surface area contributed by atoms with Gasteiger partial charge in [-0.3, -0.25) is 4.79 Å². The van der Waals surface area contributed by atoms with Crippen molar-refractivity contribution in [1.29, 1.82) is 0 Å². The molecule has 1 unspecified atom stereocenters. The van der Waals surface area contributed by atoms with E-state index in [1.807, 2.05) is 19.1 Å². The third-order valence-electron chi connectivity index (χ3n) is 2.60. The number of carbonyl (C=O) groups excluding carboxylic acids is 1. The molecule has 0 spiro atoms. The normalized spacial score (nSPS) is 12.3. The molecule has 0 aliphatic heterocycles. The first kappa shape index (κ1) is 12.6. The Morgan fingerprint density at radius 2 is 1.69 bits per heavy atom. The standard InChI is InChI=1S/C13H20N2O/c1-9(2)11-5-7-12(8-6-11)15-10(3)13(16)14-4/h5-10,15H,1-4H3,(H,14,16). The first-order valence-electron chi connectivity index (χ1n) is 5.62. The molecule has 0 saturated heterocycles. The lowest BCUT2D eigenvalue weighted by molar-refractivity contribution is -0.121. The highest BCUT2D eigenvalue weighted by Crippen LogP contribution is 2.17. The van der Waals surface area contributed by atoms with Crippen LogP contribution >= 0.6 is 0 Å². The van der Waals surface area contributed by atoms with E-state index >= 15 is 0 Å². The second kappa shape index (κ2) is 5.54. The van der Waals surface area contributed by atoms with Gasteiger partial charge >= 0.3 is 0 Å². The number of nitrogens with one attached hydrogen (secondary N) is 2. The van der Waals surface area contributed by atoms with Gasteiger partial charge in [0, 0.05) is 12.7 Å². The van der Waals surface area contributed by atoms with Gasteiger partial charge in [0.1, 0.15) is 6.04 Å². The van der Waals surface area contributed by atoms with Crippen molar-refractivity contribution in [2.75, 3.05) is 12.4 Å². The smallest absolute Gasteiger partial charge is 0.241 e. The minimum atomic E-state index is -0.213. The number of hydrogen-bond acceptors (Lipinski definition) is 2. The summed E-state index contributed by atoms with van der Waals surface area (Å²) in [5.74, 6) is 0.526. The Balaban J connectivity index is 2.65. The fourth-order valence-electron chi connectivity index (χ4n) is 1.50. The van der Waals surface area contributed by atoms with Gasteiger partial charge in [-0.2, -0.15) is 0 Å². The van der Waals surface area contributed by atoms with Crippen LogP contribution in [0.25, 0.3) is 0 Å². The van der Waals surface area contributed by atoms with E-state index in [4.69, 9.17) is 0 Å². The van der Waals surface area contributed by atoms with Crippen molar-refractivity contribution in [3.8, 4) is 0 Å². The number of amides is 1. The van der Waals surface area contributed by atoms with Crippen LogP contribution in [0.1, 0.15) is 32.3 Å². The van der Waals surface area contributed by atoms with Crippen LogP contribution in [0.4, 0.5) is 5.69 Å². The Labute approximate surface area is 97.2 Å². The molecule has 2 N–H and O–H groups in total. The summed E-state index contributed by atoms with van der Waals surface area (Å²) in [7, 11) is 1.64. The lowest BCUT2D eigenvalue weighted by Crippen LogP contribution is -2.35. The molecule has 3 heteroatoms. The molecule has 0 aliphatic carbocycles. The highest BCUT2D eigenvalue weighted by molar-refractivity contribution is 5.83. The van der Waals surface area contributed by atoms with Crippen LogP contribution in [0.5, 0.6) is 0 Å². The molecule has 0 aliphatic rings. The highest BCUT2D eigenvalue weighted by atomic mass is 16.2. The van der Waals surface area contributed by atoms with E-state index in [1.165, 1.54) is 5.56 Å². The van der Waals surface area contributed by atoms with E-state index in [2.05, 4.69) is 36.6 Å². The largest absolute Gasteiger partial charge is 0.374 e. The number of rotatable bonds is 4. The second-order valence-electron chi connectivity index (χ2n) is 4.26. The topological polar surface area (TPSA) is 41.1 Å². The summed E-state index contributed by atoms with van der Waals surface area (Å²) in [6.45, 7) is 6.17. The Bertz CT molecular complexity index is 343. The molecular formula is C13H20N2O. The van der Waals surface area contributed by atoms with Crippen LogP contribution in [0.3, 0.4) is 0 Å². The summed E-state index contributed by atoms with van der Waals surface area (Å²) < 4.78 is 0. The summed E-state index contributed by atoms with van der Waals surface area (Å²) in [4.78, 5) is 11.3. The van der Waals surface area contributed by atoms with Crippen LogP contribution in [-0.4, -0.2) is 19.0 Å². The van der Waals surface area contributed by atoms with Gasteiger partial charge in [-0.05, 0) is 30.5 Å². The molecule has 0 radical (unpaired) electrons. The molecule has 1 aromatic rings. The third kappa shape index (κ3) is 3.26. The Hall–Kier alpha value is -1.51. The summed E-state index contributed by atoms with van der Waals surface area (Å²) in [5.41, 5.74) is 2.28. The molecule has 0 heterocycles. The molecule has 0 saturated carbocycles. The van der Waals surface area contributed by atoms with E-state index in [1.54, 1.807) is 7.05 Å². The van der Waals surface area contributed by atoms with Crippen molar-refractivity contribution in [2.24, 2.45) is 0 Å². The predicted octanol–water partition coefficient (Wildman–Crippen LogP) is 2.36. The van der Waals surface area contributed by atoms with E-state index in [-0.39, 0.29) is 11.9 Å². The average Bonchev–Trinajstić information content (AvgIpc) is 2.28. The van der Waals surface area contributed by atoms with Gasteiger partial charge in [0.15, 0.2) is 0 Å². The van der Waals surface area contributed by atoms with Crippen LogP contribution in [0, 0.1) is 0 Å². The van der Waals surface area contributed by atoms with Crippen LogP contribution in [0.15, 0.2) is 24.3 Å². The van der Waals surface area contributed by atoms with Crippen molar-refractivity contribution < 1.29 is 4.79 Å². The molecule has 1 rings (SSSR count). The molecule has 1 atom stereocenters. The van der Waals surface area contributed by atoms with Crippen molar-refractivity contribution in [3.63, 3.8) is 0 Å². The zero-order valence-electron chi connectivity index (χ0n) is 10.4. The van der Waals surface area contributed by atoms with Crippen molar-refractivity contribution in [1.82, 2.24) is 5.32 Å². The van der Waals surface area contributed by atoms with E-state index < -0.39 is 0 Å². The summed E-state index contributed by atoms with van der Waals surface area (Å²) in [6, 6.07) is 7.98. The molecule has 88 valence electrons. The Morgan fingerprint density at radius 3 is 2.12 bits per heavy atom. The van der Waals surface area contributed by atoms with Crippen LogP contribution in [0.2, 0.25) is 0 Å². The summed E-state index contributed by atoms with van der Waals surface area (Å²) in [5, 5.41) is 5.76. The zero-order chi connectivity index (χ0) is 12.1. The van der Waals surface area contributed by atoms with E-state index in [9.17, 15) is 4.79 Å². The Kier molecular flexibility index (Phi) is 4.35. The summed E-state index contributed by atoms with van der Waals surface area (Å²) >= 11 is 0.